The van der Waals surface area contributed by atoms with Crippen LogP contribution in [-0.4, -0.2) is 67.2 Å². The van der Waals surface area contributed by atoms with Crippen LogP contribution in [0.1, 0.15) is 13.3 Å². The number of nitrogens with two attached hydrogens (primary N) is 1. The van der Waals surface area contributed by atoms with Gasteiger partial charge in [0.25, 0.3) is 0 Å². The number of rotatable bonds is 4. The van der Waals surface area contributed by atoms with E-state index in [0.29, 0.717) is 6.04 Å². The van der Waals surface area contributed by atoms with Gasteiger partial charge in [-0.1, -0.05) is 6.92 Å². The van der Waals surface area contributed by atoms with Crippen LogP contribution in [0.5, 0.6) is 0 Å². The number of primary amides is 1. The van der Waals surface area contributed by atoms with Crippen LogP contribution in [0.4, 0.5) is 0 Å². The molecular formula is C11H21N3O2. The predicted molar refractivity (Wildman–Crippen MR) is 61.0 cm³/mol. The van der Waals surface area contributed by atoms with E-state index >= 15 is 0 Å². The van der Waals surface area contributed by atoms with E-state index in [2.05, 4.69) is 9.80 Å². The molecule has 1 unspecified atom stereocenters. The number of piperazine rings is 1. The van der Waals surface area contributed by atoms with Crippen molar-refractivity contribution in [1.82, 2.24) is 9.80 Å². The van der Waals surface area contributed by atoms with Crippen molar-refractivity contribution in [2.75, 3.05) is 39.4 Å². The molecule has 0 aromatic heterocycles. The maximum Gasteiger partial charge on any atom is 0.234 e. The average Bonchev–Trinajstić information content (AvgIpc) is 2.18. The normalized spacial score (nSPS) is 26.3. The summed E-state index contributed by atoms with van der Waals surface area (Å²) in [7, 11) is 0. The number of ether oxygens (including phenoxy) is 1. The standard InChI is InChI=1S/C11H21N3O2/c1-2-10(11(12)15)14-5-3-13(4-6-14)9-7-16-8-9/h9-10H,2-8H2,1H3,(H2,12,15). The zero-order valence-corrected chi connectivity index (χ0v) is 9.89. The van der Waals surface area contributed by atoms with Crippen LogP contribution in [0.2, 0.25) is 0 Å². The number of hydrogen-bond acceptors (Lipinski definition) is 4. The maximum atomic E-state index is 11.3. The lowest BCUT2D eigenvalue weighted by Crippen LogP contribution is -2.59. The van der Waals surface area contributed by atoms with Gasteiger partial charge in [0.2, 0.25) is 5.91 Å². The molecule has 0 spiro atoms. The summed E-state index contributed by atoms with van der Waals surface area (Å²) in [6, 6.07) is 0.524. The Bertz CT molecular complexity index is 248. The van der Waals surface area contributed by atoms with Gasteiger partial charge in [0.05, 0.1) is 25.3 Å². The molecule has 0 bridgehead atoms. The minimum atomic E-state index is -0.192. The van der Waals surface area contributed by atoms with E-state index in [1.165, 1.54) is 0 Å². The summed E-state index contributed by atoms with van der Waals surface area (Å²) in [6.07, 6.45) is 0.807. The third-order valence-corrected chi connectivity index (χ3v) is 3.64. The van der Waals surface area contributed by atoms with Crippen LogP contribution in [0.3, 0.4) is 0 Å². The summed E-state index contributed by atoms with van der Waals surface area (Å²) in [5.41, 5.74) is 5.40. The van der Waals surface area contributed by atoms with Crippen LogP contribution in [0.25, 0.3) is 0 Å². The van der Waals surface area contributed by atoms with E-state index in [1.807, 2.05) is 6.92 Å². The molecule has 1 atom stereocenters. The second-order valence-corrected chi connectivity index (χ2v) is 4.59. The van der Waals surface area contributed by atoms with Crippen LogP contribution in [0.15, 0.2) is 0 Å². The fraction of sp³-hybridized carbons (Fsp3) is 0.909. The van der Waals surface area contributed by atoms with Gasteiger partial charge in [-0.05, 0) is 6.42 Å². The summed E-state index contributed by atoms with van der Waals surface area (Å²) < 4.78 is 5.19. The van der Waals surface area contributed by atoms with Gasteiger partial charge < -0.3 is 10.5 Å². The van der Waals surface area contributed by atoms with Crippen molar-refractivity contribution >= 4 is 5.91 Å². The average molecular weight is 227 g/mol. The Morgan fingerprint density at radius 2 is 2.00 bits per heavy atom. The molecular weight excluding hydrogens is 206 g/mol. The topological polar surface area (TPSA) is 58.8 Å². The number of carbonyl (C=O) groups is 1. The van der Waals surface area contributed by atoms with E-state index in [1.54, 1.807) is 0 Å². The molecule has 2 fully saturated rings. The fourth-order valence-corrected chi connectivity index (χ4v) is 2.49. The van der Waals surface area contributed by atoms with Crippen LogP contribution < -0.4 is 5.73 Å². The molecule has 0 aromatic rings. The molecule has 5 nitrogen and oxygen atoms in total. The van der Waals surface area contributed by atoms with Gasteiger partial charge in [-0.2, -0.15) is 0 Å². The van der Waals surface area contributed by atoms with Crippen molar-refractivity contribution < 1.29 is 9.53 Å². The van der Waals surface area contributed by atoms with E-state index in [-0.39, 0.29) is 11.9 Å². The van der Waals surface area contributed by atoms with Crippen LogP contribution >= 0.6 is 0 Å². The molecule has 0 saturated carbocycles. The number of nitrogens with zero attached hydrogens (tertiary/aromatic N) is 2. The maximum absolute atomic E-state index is 11.3. The largest absolute Gasteiger partial charge is 0.378 e. The Labute approximate surface area is 96.5 Å². The highest BCUT2D eigenvalue weighted by Crippen LogP contribution is 2.15. The molecule has 2 saturated heterocycles. The lowest BCUT2D eigenvalue weighted by Gasteiger charge is -2.43. The Hall–Kier alpha value is -0.650. The van der Waals surface area contributed by atoms with Gasteiger partial charge in [-0.15, -0.1) is 0 Å². The van der Waals surface area contributed by atoms with Gasteiger partial charge in [-0.3, -0.25) is 14.6 Å². The Kier molecular flexibility index (Phi) is 3.78. The minimum Gasteiger partial charge on any atom is -0.378 e. The first kappa shape index (κ1) is 11.8. The fourth-order valence-electron chi connectivity index (χ4n) is 2.49. The molecule has 2 aliphatic rings. The molecule has 5 heteroatoms. The third kappa shape index (κ3) is 2.36. The van der Waals surface area contributed by atoms with Gasteiger partial charge in [0.15, 0.2) is 0 Å². The molecule has 0 aromatic carbocycles. The Morgan fingerprint density at radius 1 is 1.38 bits per heavy atom. The quantitative estimate of drug-likeness (QED) is 0.688. The van der Waals surface area contributed by atoms with Crippen LogP contribution in [0, 0.1) is 0 Å². The molecule has 16 heavy (non-hydrogen) atoms. The summed E-state index contributed by atoms with van der Waals surface area (Å²) in [6.45, 7) is 7.69. The first-order valence-electron chi connectivity index (χ1n) is 6.07. The molecule has 92 valence electrons. The van der Waals surface area contributed by atoms with Crippen molar-refractivity contribution in [3.05, 3.63) is 0 Å². The van der Waals surface area contributed by atoms with Crippen molar-refractivity contribution in [1.29, 1.82) is 0 Å². The zero-order chi connectivity index (χ0) is 11.5. The predicted octanol–water partition coefficient (Wildman–Crippen LogP) is -0.733. The van der Waals surface area contributed by atoms with Gasteiger partial charge in [0.1, 0.15) is 0 Å². The second-order valence-electron chi connectivity index (χ2n) is 4.59. The number of hydrogen-bond donors (Lipinski definition) is 1. The monoisotopic (exact) mass is 227 g/mol. The number of amides is 1. The lowest BCUT2D eigenvalue weighted by atomic mass is 10.1. The molecule has 0 radical (unpaired) electrons. The Balaban J connectivity index is 1.81. The SMILES string of the molecule is CCC(C(N)=O)N1CCN(C2COC2)CC1. The molecule has 0 aliphatic carbocycles. The molecule has 1 amide bonds. The Morgan fingerprint density at radius 3 is 2.38 bits per heavy atom. The highest BCUT2D eigenvalue weighted by Gasteiger charge is 2.31. The number of carbonyl (C=O) groups excluding carboxylic acids is 1. The second kappa shape index (κ2) is 5.12. The zero-order valence-electron chi connectivity index (χ0n) is 9.89. The molecule has 2 rings (SSSR count). The highest BCUT2D eigenvalue weighted by molar-refractivity contribution is 5.79. The molecule has 2 aliphatic heterocycles. The van der Waals surface area contributed by atoms with Crippen molar-refractivity contribution in [2.24, 2.45) is 5.73 Å². The van der Waals surface area contributed by atoms with Crippen molar-refractivity contribution in [3.8, 4) is 0 Å². The first-order chi connectivity index (χ1) is 7.72. The smallest absolute Gasteiger partial charge is 0.234 e. The van der Waals surface area contributed by atoms with E-state index in [9.17, 15) is 4.79 Å². The van der Waals surface area contributed by atoms with Gasteiger partial charge in [-0.25, -0.2) is 0 Å². The van der Waals surface area contributed by atoms with Gasteiger partial charge in [0, 0.05) is 26.2 Å². The lowest BCUT2D eigenvalue weighted by molar-refractivity contribution is -0.125. The summed E-state index contributed by atoms with van der Waals surface area (Å²) in [5, 5.41) is 0. The summed E-state index contributed by atoms with van der Waals surface area (Å²) >= 11 is 0. The van der Waals surface area contributed by atoms with E-state index in [0.717, 1.165) is 45.8 Å². The van der Waals surface area contributed by atoms with Crippen LogP contribution in [-0.2, 0) is 9.53 Å². The highest BCUT2D eigenvalue weighted by atomic mass is 16.5. The van der Waals surface area contributed by atoms with E-state index < -0.39 is 0 Å². The first-order valence-corrected chi connectivity index (χ1v) is 6.07. The minimum absolute atomic E-state index is 0.0835. The van der Waals surface area contributed by atoms with Gasteiger partial charge >= 0.3 is 0 Å². The third-order valence-electron chi connectivity index (χ3n) is 3.64. The summed E-state index contributed by atoms with van der Waals surface area (Å²) in [4.78, 5) is 15.9. The molecule has 2 heterocycles. The van der Waals surface area contributed by atoms with Crippen molar-refractivity contribution in [3.63, 3.8) is 0 Å². The van der Waals surface area contributed by atoms with E-state index in [4.69, 9.17) is 10.5 Å². The van der Waals surface area contributed by atoms with Crippen molar-refractivity contribution in [2.45, 2.75) is 25.4 Å². The summed E-state index contributed by atoms with van der Waals surface area (Å²) in [5.74, 6) is -0.192. The molecule has 2 N–H and O–H groups in total.